The second-order valence-electron chi connectivity index (χ2n) is 4.65. The van der Waals surface area contributed by atoms with Crippen LogP contribution in [0.25, 0.3) is 21.9 Å². The number of rotatable bonds is 3. The van der Waals surface area contributed by atoms with Crippen molar-refractivity contribution in [2.24, 2.45) is 0 Å². The molecule has 3 aromatic rings. The van der Waals surface area contributed by atoms with E-state index in [1.54, 1.807) is 7.11 Å². The lowest BCUT2D eigenvalue weighted by molar-refractivity contribution is 0.417. The summed E-state index contributed by atoms with van der Waals surface area (Å²) in [5.41, 5.74) is 3.36. The fourth-order valence-electron chi connectivity index (χ4n) is 2.58. The molecule has 0 aromatic heterocycles. The molecule has 0 aliphatic carbocycles. The van der Waals surface area contributed by atoms with Gasteiger partial charge in [0.2, 0.25) is 0 Å². The van der Waals surface area contributed by atoms with Gasteiger partial charge in [0.1, 0.15) is 5.75 Å². The summed E-state index contributed by atoms with van der Waals surface area (Å²) in [6.45, 7) is 0. The van der Waals surface area contributed by atoms with Crippen LogP contribution in [0, 0.1) is 0 Å². The minimum Gasteiger partial charge on any atom is -0.496 e. The molecule has 0 unspecified atom stereocenters. The van der Waals surface area contributed by atoms with Gasteiger partial charge in [-0.3, -0.25) is 0 Å². The van der Waals surface area contributed by atoms with Crippen LogP contribution in [0.4, 0.5) is 0 Å². The van der Waals surface area contributed by atoms with E-state index in [2.05, 4.69) is 36.4 Å². The van der Waals surface area contributed by atoms with Crippen molar-refractivity contribution in [3.63, 3.8) is 0 Å². The minimum atomic E-state index is 0.489. The molecule has 100 valence electrons. The number of benzene rings is 3. The summed E-state index contributed by atoms with van der Waals surface area (Å²) < 4.78 is 5.56. The predicted octanol–water partition coefficient (Wildman–Crippen LogP) is 5.25. The monoisotopic (exact) mass is 282 g/mol. The average Bonchev–Trinajstić information content (AvgIpc) is 2.53. The number of fused-ring (bicyclic) bond motifs is 1. The largest absolute Gasteiger partial charge is 0.496 e. The van der Waals surface area contributed by atoms with Crippen LogP contribution >= 0.6 is 11.6 Å². The lowest BCUT2D eigenvalue weighted by Crippen LogP contribution is -1.92. The SMILES string of the molecule is COc1ccc2ccccc2c1-c1ccccc1CCl. The molecule has 0 saturated heterocycles. The second kappa shape index (κ2) is 5.56. The highest BCUT2D eigenvalue weighted by Crippen LogP contribution is 2.38. The summed E-state index contributed by atoms with van der Waals surface area (Å²) >= 11 is 6.09. The average molecular weight is 283 g/mol. The lowest BCUT2D eigenvalue weighted by Gasteiger charge is -2.15. The van der Waals surface area contributed by atoms with Gasteiger partial charge in [-0.2, -0.15) is 0 Å². The fraction of sp³-hybridized carbons (Fsp3) is 0.111. The molecule has 20 heavy (non-hydrogen) atoms. The van der Waals surface area contributed by atoms with E-state index in [4.69, 9.17) is 16.3 Å². The first-order chi connectivity index (χ1) is 9.85. The van der Waals surface area contributed by atoms with E-state index in [0.717, 1.165) is 22.4 Å². The number of alkyl halides is 1. The van der Waals surface area contributed by atoms with Gasteiger partial charge in [-0.05, 0) is 28.0 Å². The summed E-state index contributed by atoms with van der Waals surface area (Å²) in [7, 11) is 1.71. The van der Waals surface area contributed by atoms with E-state index in [0.29, 0.717) is 5.88 Å². The minimum absolute atomic E-state index is 0.489. The van der Waals surface area contributed by atoms with Gasteiger partial charge in [0.25, 0.3) is 0 Å². The molecule has 0 radical (unpaired) electrons. The van der Waals surface area contributed by atoms with E-state index >= 15 is 0 Å². The van der Waals surface area contributed by atoms with Crippen LogP contribution in [0.5, 0.6) is 5.75 Å². The number of ether oxygens (including phenoxy) is 1. The molecule has 0 saturated carbocycles. The lowest BCUT2D eigenvalue weighted by atomic mass is 9.94. The van der Waals surface area contributed by atoms with Crippen molar-refractivity contribution in [2.75, 3.05) is 7.11 Å². The van der Waals surface area contributed by atoms with Crippen molar-refractivity contribution < 1.29 is 4.74 Å². The highest BCUT2D eigenvalue weighted by molar-refractivity contribution is 6.17. The molecule has 1 nitrogen and oxygen atoms in total. The Labute approximate surface area is 123 Å². The summed E-state index contributed by atoms with van der Waals surface area (Å²) in [6.07, 6.45) is 0. The van der Waals surface area contributed by atoms with E-state index in [9.17, 15) is 0 Å². The highest BCUT2D eigenvalue weighted by Gasteiger charge is 2.13. The predicted molar refractivity (Wildman–Crippen MR) is 85.5 cm³/mol. The molecule has 0 aliphatic heterocycles. The highest BCUT2D eigenvalue weighted by atomic mass is 35.5. The van der Waals surface area contributed by atoms with E-state index in [1.165, 1.54) is 10.8 Å². The zero-order valence-corrected chi connectivity index (χ0v) is 12.0. The van der Waals surface area contributed by atoms with Gasteiger partial charge in [0, 0.05) is 11.4 Å². The molecule has 0 atom stereocenters. The molecular formula is C18H15ClO. The Balaban J connectivity index is 2.39. The van der Waals surface area contributed by atoms with Gasteiger partial charge >= 0.3 is 0 Å². The standard InChI is InChI=1S/C18H15ClO/c1-20-17-11-10-13-6-2-4-8-15(13)18(17)16-9-5-3-7-14(16)12-19/h2-11H,12H2,1H3. The smallest absolute Gasteiger partial charge is 0.127 e. The van der Waals surface area contributed by atoms with Gasteiger partial charge in [-0.15, -0.1) is 11.6 Å². The molecule has 0 fully saturated rings. The first kappa shape index (κ1) is 13.0. The topological polar surface area (TPSA) is 9.23 Å². The third kappa shape index (κ3) is 2.14. The van der Waals surface area contributed by atoms with Crippen molar-refractivity contribution in [2.45, 2.75) is 5.88 Å². The maximum Gasteiger partial charge on any atom is 0.127 e. The van der Waals surface area contributed by atoms with Crippen molar-refractivity contribution in [1.29, 1.82) is 0 Å². The van der Waals surface area contributed by atoms with Crippen LogP contribution in [0.2, 0.25) is 0 Å². The van der Waals surface area contributed by atoms with E-state index < -0.39 is 0 Å². The molecule has 0 aliphatic rings. The Morgan fingerprint density at radius 3 is 2.45 bits per heavy atom. The molecule has 0 amide bonds. The van der Waals surface area contributed by atoms with Gasteiger partial charge in [-0.1, -0.05) is 54.6 Å². The first-order valence-electron chi connectivity index (χ1n) is 6.55. The normalized spacial score (nSPS) is 10.7. The fourth-order valence-corrected chi connectivity index (χ4v) is 2.81. The van der Waals surface area contributed by atoms with Crippen LogP contribution in [-0.2, 0) is 5.88 Å². The van der Waals surface area contributed by atoms with Gasteiger partial charge in [-0.25, -0.2) is 0 Å². The number of hydrogen-bond donors (Lipinski definition) is 0. The van der Waals surface area contributed by atoms with Crippen LogP contribution in [0.1, 0.15) is 5.56 Å². The summed E-state index contributed by atoms with van der Waals surface area (Å²) in [4.78, 5) is 0. The molecule has 0 N–H and O–H groups in total. The Bertz CT molecular complexity index is 749. The van der Waals surface area contributed by atoms with Crippen LogP contribution in [0.3, 0.4) is 0 Å². The number of methoxy groups -OCH3 is 1. The van der Waals surface area contributed by atoms with E-state index in [1.807, 2.05) is 24.3 Å². The van der Waals surface area contributed by atoms with Crippen molar-refractivity contribution in [3.8, 4) is 16.9 Å². The van der Waals surface area contributed by atoms with Gasteiger partial charge in [0.05, 0.1) is 7.11 Å². The second-order valence-corrected chi connectivity index (χ2v) is 4.92. The summed E-state index contributed by atoms with van der Waals surface area (Å²) in [5.74, 6) is 1.36. The van der Waals surface area contributed by atoms with Gasteiger partial charge in [0.15, 0.2) is 0 Å². The Kier molecular flexibility index (Phi) is 3.62. The maximum atomic E-state index is 6.09. The van der Waals surface area contributed by atoms with Gasteiger partial charge < -0.3 is 4.74 Å². The zero-order chi connectivity index (χ0) is 13.9. The van der Waals surface area contributed by atoms with Crippen LogP contribution < -0.4 is 4.74 Å². The first-order valence-corrected chi connectivity index (χ1v) is 7.08. The van der Waals surface area contributed by atoms with Crippen LogP contribution in [0.15, 0.2) is 60.7 Å². The summed E-state index contributed by atoms with van der Waals surface area (Å²) in [5, 5.41) is 2.39. The quantitative estimate of drug-likeness (QED) is 0.596. The molecule has 0 bridgehead atoms. The Morgan fingerprint density at radius 2 is 1.65 bits per heavy atom. The molecule has 2 heteroatoms. The Hall–Kier alpha value is -1.99. The van der Waals surface area contributed by atoms with Crippen molar-refractivity contribution >= 4 is 22.4 Å². The van der Waals surface area contributed by atoms with E-state index in [-0.39, 0.29) is 0 Å². The third-order valence-electron chi connectivity index (χ3n) is 3.54. The molecule has 3 rings (SSSR count). The molecular weight excluding hydrogens is 268 g/mol. The maximum absolute atomic E-state index is 6.09. The molecule has 0 heterocycles. The summed E-state index contributed by atoms with van der Waals surface area (Å²) in [6, 6.07) is 20.6. The third-order valence-corrected chi connectivity index (χ3v) is 3.83. The van der Waals surface area contributed by atoms with Crippen LogP contribution in [-0.4, -0.2) is 7.11 Å². The zero-order valence-electron chi connectivity index (χ0n) is 11.3. The van der Waals surface area contributed by atoms with Crippen molar-refractivity contribution in [3.05, 3.63) is 66.2 Å². The molecule has 0 spiro atoms. The molecule has 3 aromatic carbocycles. The number of halogens is 1. The number of hydrogen-bond acceptors (Lipinski definition) is 1. The Morgan fingerprint density at radius 1 is 0.900 bits per heavy atom. The van der Waals surface area contributed by atoms with Crippen molar-refractivity contribution in [1.82, 2.24) is 0 Å².